The number of aromatic hydroxyl groups is 1. The van der Waals surface area contributed by atoms with Gasteiger partial charge in [-0.05, 0) is 31.5 Å². The quantitative estimate of drug-likeness (QED) is 0.711. The fraction of sp³-hybridized carbons (Fsp3) is 0.273. The molecule has 0 radical (unpaired) electrons. The second-order valence-electron chi connectivity index (χ2n) is 4.21. The Kier molecular flexibility index (Phi) is 2.30. The van der Waals surface area contributed by atoms with Crippen molar-refractivity contribution < 1.29 is 5.11 Å². The fourth-order valence-electron chi connectivity index (χ4n) is 1.57. The average Bonchev–Trinajstić information content (AvgIpc) is 2.66. The first-order valence-electron chi connectivity index (χ1n) is 4.98. The van der Waals surface area contributed by atoms with Gasteiger partial charge >= 0.3 is 0 Å². The van der Waals surface area contributed by atoms with Crippen LogP contribution >= 0.6 is 0 Å². The molecule has 84 valence electrons. The molecular weight excluding hydrogens is 204 g/mol. The van der Waals surface area contributed by atoms with E-state index in [-0.39, 0.29) is 17.1 Å². The molecule has 0 saturated heterocycles. The van der Waals surface area contributed by atoms with E-state index in [2.05, 4.69) is 15.2 Å². The topological polar surface area (TPSA) is 87.8 Å². The number of phenolic OH excluding ortho intramolecular Hbond substituents is 1. The maximum absolute atomic E-state index is 9.24. The zero-order chi connectivity index (χ0) is 11.8. The molecule has 5 heteroatoms. The molecule has 0 fully saturated rings. The van der Waals surface area contributed by atoms with Gasteiger partial charge in [-0.15, -0.1) is 5.10 Å². The van der Waals surface area contributed by atoms with Crippen LogP contribution in [-0.4, -0.2) is 20.3 Å². The van der Waals surface area contributed by atoms with Gasteiger partial charge in [-0.1, -0.05) is 12.1 Å². The van der Waals surface area contributed by atoms with Gasteiger partial charge in [0.1, 0.15) is 11.6 Å². The van der Waals surface area contributed by atoms with Crippen molar-refractivity contribution in [3.05, 3.63) is 35.7 Å². The molecule has 1 aromatic heterocycles. The maximum atomic E-state index is 9.24. The number of H-pyrrole nitrogens is 1. The predicted octanol–water partition coefficient (Wildman–Crippen LogP) is 1.42. The van der Waals surface area contributed by atoms with Crippen molar-refractivity contribution in [1.29, 1.82) is 0 Å². The molecule has 4 N–H and O–H groups in total. The Hall–Kier alpha value is -2.04. The summed E-state index contributed by atoms with van der Waals surface area (Å²) >= 11 is 0. The minimum absolute atomic E-state index is 0.238. The van der Waals surface area contributed by atoms with E-state index in [4.69, 9.17) is 5.73 Å². The molecule has 16 heavy (non-hydrogen) atoms. The number of hydrogen-bond acceptors (Lipinski definition) is 4. The van der Waals surface area contributed by atoms with Gasteiger partial charge in [0.2, 0.25) is 5.95 Å². The monoisotopic (exact) mass is 218 g/mol. The minimum atomic E-state index is -0.321. The molecule has 0 atom stereocenters. The van der Waals surface area contributed by atoms with Crippen LogP contribution in [0, 0.1) is 0 Å². The Morgan fingerprint density at radius 2 is 1.88 bits per heavy atom. The number of phenols is 1. The van der Waals surface area contributed by atoms with Gasteiger partial charge in [0.15, 0.2) is 0 Å². The van der Waals surface area contributed by atoms with Crippen LogP contribution < -0.4 is 5.73 Å². The molecule has 0 spiro atoms. The number of rotatable bonds is 2. The van der Waals surface area contributed by atoms with E-state index in [1.54, 1.807) is 12.1 Å². The Morgan fingerprint density at radius 1 is 1.25 bits per heavy atom. The van der Waals surface area contributed by atoms with Crippen LogP contribution in [0.1, 0.15) is 25.2 Å². The van der Waals surface area contributed by atoms with Crippen molar-refractivity contribution >= 4 is 5.95 Å². The number of nitrogens with one attached hydrogen (secondary N) is 1. The average molecular weight is 218 g/mol. The number of nitrogen functional groups attached to an aromatic ring is 1. The largest absolute Gasteiger partial charge is 0.508 e. The molecule has 5 nitrogen and oxygen atoms in total. The highest BCUT2D eigenvalue weighted by molar-refractivity contribution is 5.35. The van der Waals surface area contributed by atoms with E-state index < -0.39 is 0 Å². The summed E-state index contributed by atoms with van der Waals surface area (Å²) in [6, 6.07) is 7.01. The van der Waals surface area contributed by atoms with E-state index >= 15 is 0 Å². The molecule has 2 aromatic rings. The molecular formula is C11H14N4O. The van der Waals surface area contributed by atoms with Gasteiger partial charge in [0, 0.05) is 5.41 Å². The zero-order valence-corrected chi connectivity index (χ0v) is 9.23. The van der Waals surface area contributed by atoms with Gasteiger partial charge in [0.05, 0.1) is 0 Å². The molecule has 0 aliphatic carbocycles. The van der Waals surface area contributed by atoms with Crippen LogP contribution in [0.3, 0.4) is 0 Å². The summed E-state index contributed by atoms with van der Waals surface area (Å²) in [6.07, 6.45) is 0. The Bertz CT molecular complexity index is 487. The van der Waals surface area contributed by atoms with Crippen LogP contribution in [-0.2, 0) is 5.41 Å². The first-order valence-corrected chi connectivity index (χ1v) is 4.98. The number of hydrogen-bond donors (Lipinski definition) is 3. The summed E-state index contributed by atoms with van der Waals surface area (Å²) in [4.78, 5) is 4.13. The molecule has 0 aliphatic heterocycles. The summed E-state index contributed by atoms with van der Waals surface area (Å²) < 4.78 is 0. The number of aromatic nitrogens is 3. The molecule has 0 bridgehead atoms. The van der Waals surface area contributed by atoms with E-state index in [1.807, 2.05) is 26.0 Å². The second-order valence-corrected chi connectivity index (χ2v) is 4.21. The second kappa shape index (κ2) is 3.52. The Balaban J connectivity index is 2.42. The summed E-state index contributed by atoms with van der Waals surface area (Å²) in [5.74, 6) is 1.19. The fourth-order valence-corrected chi connectivity index (χ4v) is 1.57. The van der Waals surface area contributed by atoms with Gasteiger partial charge < -0.3 is 10.8 Å². The van der Waals surface area contributed by atoms with Gasteiger partial charge in [-0.25, -0.2) is 0 Å². The van der Waals surface area contributed by atoms with Crippen LogP contribution in [0.2, 0.25) is 0 Å². The smallest absolute Gasteiger partial charge is 0.239 e. The first kappa shape index (κ1) is 10.5. The standard InChI is InChI=1S/C11H14N4O/c1-11(2,9-13-10(12)15-14-9)7-3-5-8(16)6-4-7/h3-6,16H,1-2H3,(H3,12,13,14,15). The first-order chi connectivity index (χ1) is 7.50. The summed E-state index contributed by atoms with van der Waals surface area (Å²) in [5, 5.41) is 15.9. The third kappa shape index (κ3) is 1.71. The van der Waals surface area contributed by atoms with Crippen LogP contribution in [0.4, 0.5) is 5.95 Å². The lowest BCUT2D eigenvalue weighted by atomic mass is 9.84. The van der Waals surface area contributed by atoms with Crippen molar-refractivity contribution in [3.8, 4) is 5.75 Å². The van der Waals surface area contributed by atoms with Crippen LogP contribution in [0.15, 0.2) is 24.3 Å². The van der Waals surface area contributed by atoms with Gasteiger partial charge in [0.25, 0.3) is 0 Å². The molecule has 0 aliphatic rings. The van der Waals surface area contributed by atoms with Crippen molar-refractivity contribution in [2.24, 2.45) is 0 Å². The molecule has 1 heterocycles. The van der Waals surface area contributed by atoms with Gasteiger partial charge in [-0.2, -0.15) is 4.98 Å². The third-order valence-corrected chi connectivity index (χ3v) is 2.68. The SMILES string of the molecule is CC(C)(c1ccc(O)cc1)c1nc(N)n[nH]1. The summed E-state index contributed by atoms with van der Waals surface area (Å²) in [7, 11) is 0. The summed E-state index contributed by atoms with van der Waals surface area (Å²) in [5.41, 5.74) is 6.19. The Labute approximate surface area is 93.3 Å². The van der Waals surface area contributed by atoms with Crippen molar-refractivity contribution in [3.63, 3.8) is 0 Å². The van der Waals surface area contributed by atoms with Crippen LogP contribution in [0.5, 0.6) is 5.75 Å². The molecule has 0 unspecified atom stereocenters. The molecule has 1 aromatic carbocycles. The van der Waals surface area contributed by atoms with E-state index in [1.165, 1.54) is 0 Å². The van der Waals surface area contributed by atoms with Crippen molar-refractivity contribution in [1.82, 2.24) is 15.2 Å². The van der Waals surface area contributed by atoms with E-state index in [0.717, 1.165) is 5.56 Å². The predicted molar refractivity (Wildman–Crippen MR) is 61.0 cm³/mol. The molecule has 2 rings (SSSR count). The zero-order valence-electron chi connectivity index (χ0n) is 9.23. The molecule has 0 saturated carbocycles. The highest BCUT2D eigenvalue weighted by Gasteiger charge is 2.26. The third-order valence-electron chi connectivity index (χ3n) is 2.68. The molecule has 0 amide bonds. The normalized spacial score (nSPS) is 11.6. The highest BCUT2D eigenvalue weighted by atomic mass is 16.3. The lowest BCUT2D eigenvalue weighted by Gasteiger charge is -2.22. The van der Waals surface area contributed by atoms with Crippen LogP contribution in [0.25, 0.3) is 0 Å². The van der Waals surface area contributed by atoms with E-state index in [9.17, 15) is 5.11 Å². The summed E-state index contributed by atoms with van der Waals surface area (Å²) in [6.45, 7) is 4.03. The van der Waals surface area contributed by atoms with Gasteiger partial charge in [-0.3, -0.25) is 5.10 Å². The van der Waals surface area contributed by atoms with E-state index in [0.29, 0.717) is 5.82 Å². The number of anilines is 1. The number of nitrogens with two attached hydrogens (primary N) is 1. The lowest BCUT2D eigenvalue weighted by Crippen LogP contribution is -2.20. The highest BCUT2D eigenvalue weighted by Crippen LogP contribution is 2.29. The van der Waals surface area contributed by atoms with Crippen molar-refractivity contribution in [2.75, 3.05) is 5.73 Å². The number of nitrogens with zero attached hydrogens (tertiary/aromatic N) is 2. The minimum Gasteiger partial charge on any atom is -0.508 e. The number of aromatic amines is 1. The maximum Gasteiger partial charge on any atom is 0.239 e. The van der Waals surface area contributed by atoms with Crippen molar-refractivity contribution in [2.45, 2.75) is 19.3 Å². The number of benzene rings is 1. The lowest BCUT2D eigenvalue weighted by molar-refractivity contribution is 0.474. The Morgan fingerprint density at radius 3 is 2.38 bits per heavy atom.